The quantitative estimate of drug-likeness (QED) is 0.302. The van der Waals surface area contributed by atoms with Gasteiger partial charge in [-0.1, -0.05) is 30.3 Å². The fraction of sp³-hybridized carbons (Fsp3) is 0.457. The summed E-state index contributed by atoms with van der Waals surface area (Å²) >= 11 is 0. The van der Waals surface area contributed by atoms with Crippen molar-refractivity contribution < 1.29 is 17.9 Å². The van der Waals surface area contributed by atoms with Crippen LogP contribution in [0.4, 0.5) is 5.69 Å². The van der Waals surface area contributed by atoms with Crippen molar-refractivity contribution in [3.05, 3.63) is 84.7 Å². The lowest BCUT2D eigenvalue weighted by Crippen LogP contribution is -2.54. The molecule has 3 heterocycles. The van der Waals surface area contributed by atoms with Crippen LogP contribution in [0.15, 0.2) is 88.9 Å². The number of carbonyl (C=O) groups excluding carboxylic acids is 1. The summed E-state index contributed by atoms with van der Waals surface area (Å²) in [6, 6.07) is 23.2. The third-order valence-electron chi connectivity index (χ3n) is 9.97. The van der Waals surface area contributed by atoms with Gasteiger partial charge in [-0.15, -0.1) is 0 Å². The van der Waals surface area contributed by atoms with Gasteiger partial charge in [-0.05, 0) is 93.1 Å². The molecule has 8 nitrogen and oxygen atoms in total. The minimum Gasteiger partial charge on any atom is -0.462 e. The van der Waals surface area contributed by atoms with E-state index in [4.69, 9.17) is 4.74 Å². The van der Waals surface area contributed by atoms with Crippen molar-refractivity contribution in [1.29, 1.82) is 5.26 Å². The van der Waals surface area contributed by atoms with Crippen molar-refractivity contribution in [3.8, 4) is 6.07 Å². The number of nitriles is 1. The minimum absolute atomic E-state index is 0.00150. The SMILES string of the molecule is CC(=O)O[C@@H]1CCC[C@H]1C(C#N)(c1ccccc1)C1CCN(CC2CN(c3ccc(S(=O)(=O)c4ccncc4)cc3)C2)CC1. The smallest absolute Gasteiger partial charge is 0.302 e. The monoisotopic (exact) mass is 612 g/mol. The topological polar surface area (TPSA) is 104 Å². The summed E-state index contributed by atoms with van der Waals surface area (Å²) in [6.45, 7) is 6.26. The zero-order chi connectivity index (χ0) is 30.7. The lowest BCUT2D eigenvalue weighted by molar-refractivity contribution is -0.149. The van der Waals surface area contributed by atoms with Gasteiger partial charge in [0.05, 0.1) is 21.3 Å². The molecule has 3 aliphatic rings. The van der Waals surface area contributed by atoms with E-state index < -0.39 is 15.3 Å². The van der Waals surface area contributed by atoms with Gasteiger partial charge in [0.25, 0.3) is 0 Å². The Balaban J connectivity index is 1.06. The molecule has 6 rings (SSSR count). The first-order valence-electron chi connectivity index (χ1n) is 15.7. The van der Waals surface area contributed by atoms with Crippen LogP contribution in [-0.4, -0.2) is 63.1 Å². The van der Waals surface area contributed by atoms with Crippen LogP contribution in [0.2, 0.25) is 0 Å². The molecule has 1 aromatic heterocycles. The van der Waals surface area contributed by atoms with E-state index in [0.717, 1.165) is 76.1 Å². The predicted molar refractivity (Wildman–Crippen MR) is 168 cm³/mol. The molecule has 3 fully saturated rings. The van der Waals surface area contributed by atoms with Gasteiger partial charge < -0.3 is 14.5 Å². The number of likely N-dealkylation sites (tertiary alicyclic amines) is 1. The second-order valence-corrected chi connectivity index (χ2v) is 14.5. The van der Waals surface area contributed by atoms with Gasteiger partial charge in [-0.3, -0.25) is 9.78 Å². The van der Waals surface area contributed by atoms with E-state index in [9.17, 15) is 18.5 Å². The third kappa shape index (κ3) is 5.85. The summed E-state index contributed by atoms with van der Waals surface area (Å²) in [7, 11) is -3.56. The molecule has 0 radical (unpaired) electrons. The first-order valence-corrected chi connectivity index (χ1v) is 17.2. The third-order valence-corrected chi connectivity index (χ3v) is 11.8. The van der Waals surface area contributed by atoms with Crippen molar-refractivity contribution in [2.24, 2.45) is 17.8 Å². The highest BCUT2D eigenvalue weighted by atomic mass is 32.2. The zero-order valence-electron chi connectivity index (χ0n) is 25.2. The van der Waals surface area contributed by atoms with Crippen molar-refractivity contribution in [3.63, 3.8) is 0 Å². The van der Waals surface area contributed by atoms with Crippen LogP contribution < -0.4 is 4.90 Å². The predicted octanol–water partition coefficient (Wildman–Crippen LogP) is 5.26. The molecule has 3 atom stereocenters. The average molecular weight is 613 g/mol. The Labute approximate surface area is 260 Å². The number of hydrogen-bond acceptors (Lipinski definition) is 8. The van der Waals surface area contributed by atoms with Crippen molar-refractivity contribution in [2.45, 2.75) is 60.3 Å². The molecule has 0 N–H and O–H groups in total. The van der Waals surface area contributed by atoms with E-state index in [1.54, 1.807) is 12.1 Å². The number of sulfone groups is 1. The van der Waals surface area contributed by atoms with Crippen molar-refractivity contribution in [2.75, 3.05) is 37.6 Å². The molecular formula is C35H40N4O4S. The lowest BCUT2D eigenvalue weighted by atomic mass is 9.59. The molecule has 2 aromatic carbocycles. The number of carbonyl (C=O) groups is 1. The number of pyridine rings is 1. The minimum atomic E-state index is -3.56. The molecule has 2 aliphatic heterocycles. The Kier molecular flexibility index (Phi) is 8.75. The van der Waals surface area contributed by atoms with E-state index in [1.807, 2.05) is 30.3 Å². The number of hydrogen-bond donors (Lipinski definition) is 0. The molecule has 0 spiro atoms. The molecule has 0 amide bonds. The number of aromatic nitrogens is 1. The van der Waals surface area contributed by atoms with Crippen LogP contribution in [-0.2, 0) is 24.8 Å². The maximum atomic E-state index is 12.9. The average Bonchev–Trinajstić information content (AvgIpc) is 3.49. The standard InChI is InChI=1S/C35H40N4O4S/c1-26(40)43-34-9-5-8-33(34)35(25-36,28-6-3-2-4-7-28)29-16-20-38(21-17-29)22-27-23-39(24-27)30-10-12-31(13-11-30)44(41,42)32-14-18-37-19-15-32/h2-4,6-7,10-15,18-19,27,29,33-34H,5,8-9,16-17,20-24H2,1H3/t33-,34-,35?/m1/s1. The fourth-order valence-electron chi connectivity index (χ4n) is 7.83. The second kappa shape index (κ2) is 12.7. The van der Waals surface area contributed by atoms with E-state index in [2.05, 4.69) is 33.0 Å². The Morgan fingerprint density at radius 1 is 0.955 bits per heavy atom. The number of rotatable bonds is 9. The van der Waals surface area contributed by atoms with Gasteiger partial charge in [0.15, 0.2) is 0 Å². The van der Waals surface area contributed by atoms with Gasteiger partial charge >= 0.3 is 5.97 Å². The van der Waals surface area contributed by atoms with Gasteiger partial charge in [0, 0.05) is 56.5 Å². The summed E-state index contributed by atoms with van der Waals surface area (Å²) in [4.78, 5) is 21.2. The van der Waals surface area contributed by atoms with Gasteiger partial charge in [0.2, 0.25) is 9.84 Å². The highest BCUT2D eigenvalue weighted by Gasteiger charge is 2.53. The number of benzene rings is 2. The Morgan fingerprint density at radius 3 is 2.25 bits per heavy atom. The second-order valence-electron chi connectivity index (χ2n) is 12.6. The summed E-state index contributed by atoms with van der Waals surface area (Å²) < 4.78 is 31.6. The van der Waals surface area contributed by atoms with Crippen LogP contribution in [0.5, 0.6) is 0 Å². The van der Waals surface area contributed by atoms with E-state index in [0.29, 0.717) is 5.92 Å². The number of piperidine rings is 1. The molecule has 1 aliphatic carbocycles. The molecule has 3 aromatic rings. The van der Waals surface area contributed by atoms with Gasteiger partial charge in [0.1, 0.15) is 6.10 Å². The van der Waals surface area contributed by atoms with Crippen molar-refractivity contribution >= 4 is 21.5 Å². The molecule has 44 heavy (non-hydrogen) atoms. The number of esters is 1. The molecule has 230 valence electrons. The lowest BCUT2D eigenvalue weighted by Gasteiger charge is -2.48. The number of nitrogens with zero attached hydrogens (tertiary/aromatic N) is 4. The number of ether oxygens (including phenoxy) is 1. The first kappa shape index (κ1) is 30.3. The van der Waals surface area contributed by atoms with Gasteiger partial charge in [-0.25, -0.2) is 8.42 Å². The van der Waals surface area contributed by atoms with E-state index in [1.165, 1.54) is 31.5 Å². The van der Waals surface area contributed by atoms with Crippen molar-refractivity contribution in [1.82, 2.24) is 9.88 Å². The van der Waals surface area contributed by atoms with E-state index in [-0.39, 0.29) is 33.7 Å². The first-order chi connectivity index (χ1) is 21.3. The highest BCUT2D eigenvalue weighted by molar-refractivity contribution is 7.91. The summed E-state index contributed by atoms with van der Waals surface area (Å²) in [5, 5.41) is 10.9. The van der Waals surface area contributed by atoms with Crippen LogP contribution in [0.25, 0.3) is 0 Å². The fourth-order valence-corrected chi connectivity index (χ4v) is 9.07. The van der Waals surface area contributed by atoms with Crippen LogP contribution in [0.1, 0.15) is 44.6 Å². The molecular weight excluding hydrogens is 572 g/mol. The summed E-state index contributed by atoms with van der Waals surface area (Å²) in [5.41, 5.74) is 1.42. The maximum Gasteiger partial charge on any atom is 0.302 e. The molecule has 9 heteroatoms. The summed E-state index contributed by atoms with van der Waals surface area (Å²) in [6.07, 6.45) is 7.34. The molecule has 0 bridgehead atoms. The largest absolute Gasteiger partial charge is 0.462 e. The van der Waals surface area contributed by atoms with Crippen LogP contribution >= 0.6 is 0 Å². The number of anilines is 1. The molecule has 1 saturated carbocycles. The Hall–Kier alpha value is -3.74. The maximum absolute atomic E-state index is 12.9. The normalized spacial score (nSPS) is 23.0. The Morgan fingerprint density at radius 2 is 1.61 bits per heavy atom. The van der Waals surface area contributed by atoms with E-state index >= 15 is 0 Å². The van der Waals surface area contributed by atoms with Gasteiger partial charge in [-0.2, -0.15) is 5.26 Å². The molecule has 2 saturated heterocycles. The zero-order valence-corrected chi connectivity index (χ0v) is 26.0. The molecule has 1 unspecified atom stereocenters. The van der Waals surface area contributed by atoms with Crippen LogP contribution in [0, 0.1) is 29.1 Å². The summed E-state index contributed by atoms with van der Waals surface area (Å²) in [5.74, 6) is 0.482. The highest BCUT2D eigenvalue weighted by Crippen LogP contribution is 2.51. The van der Waals surface area contributed by atoms with Crippen LogP contribution in [0.3, 0.4) is 0 Å². The Bertz CT molecular complexity index is 1580.